The lowest BCUT2D eigenvalue weighted by Crippen LogP contribution is -2.50. The summed E-state index contributed by atoms with van der Waals surface area (Å²) in [5, 5.41) is 0.131. The number of hydrogen-bond acceptors (Lipinski definition) is 2. The molecule has 10 heteroatoms. The molecule has 1 aromatic rings. The van der Waals surface area contributed by atoms with Gasteiger partial charge in [0.15, 0.2) is 4.33 Å². The maximum absolute atomic E-state index is 13.2. The lowest BCUT2D eigenvalue weighted by atomic mass is 9.84. The monoisotopic (exact) mass is 491 g/mol. The van der Waals surface area contributed by atoms with Gasteiger partial charge in [0.1, 0.15) is 9.75 Å². The molecule has 0 unspecified atom stereocenters. The summed E-state index contributed by atoms with van der Waals surface area (Å²) in [4.78, 5) is 23.8. The number of nitrogens with zero attached hydrogens (tertiary/aromatic N) is 1. The summed E-state index contributed by atoms with van der Waals surface area (Å²) >= 11 is 44.7. The number of carbonyl (C=O) groups excluding carboxylic acids is 2. The number of fused-ring (bicyclic) bond motifs is 5. The lowest BCUT2D eigenvalue weighted by molar-refractivity contribution is -0.123. The normalized spacial score (nSPS) is 37.8. The molecule has 26 heavy (non-hydrogen) atoms. The van der Waals surface area contributed by atoms with E-state index in [9.17, 15) is 9.59 Å². The van der Waals surface area contributed by atoms with Crippen molar-refractivity contribution in [3.8, 4) is 0 Å². The van der Waals surface area contributed by atoms with Crippen LogP contribution in [0.5, 0.6) is 0 Å². The molecule has 1 saturated heterocycles. The quantitative estimate of drug-likeness (QED) is 0.377. The van der Waals surface area contributed by atoms with E-state index >= 15 is 0 Å². The summed E-state index contributed by atoms with van der Waals surface area (Å²) in [5.41, 5.74) is 1.01. The van der Waals surface area contributed by atoms with Gasteiger partial charge in [0.25, 0.3) is 0 Å². The number of halogens is 7. The Labute approximate surface area is 184 Å². The minimum Gasteiger partial charge on any atom is -0.274 e. The van der Waals surface area contributed by atoms with Crippen molar-refractivity contribution in [1.82, 2.24) is 0 Å². The van der Waals surface area contributed by atoms with Gasteiger partial charge in [0, 0.05) is 5.02 Å². The molecule has 0 N–H and O–H groups in total. The Bertz CT molecular complexity index is 883. The number of alkyl halides is 4. The van der Waals surface area contributed by atoms with Crippen molar-refractivity contribution in [1.29, 1.82) is 0 Å². The number of anilines is 1. The average molecular weight is 494 g/mol. The van der Waals surface area contributed by atoms with Gasteiger partial charge in [-0.1, -0.05) is 64.1 Å². The molecule has 2 bridgehead atoms. The van der Waals surface area contributed by atoms with Crippen LogP contribution in [0.2, 0.25) is 5.02 Å². The number of aryl methyl sites for hydroxylation is 1. The van der Waals surface area contributed by atoms with Crippen molar-refractivity contribution in [3.05, 3.63) is 38.8 Å². The summed E-state index contributed by atoms with van der Waals surface area (Å²) in [6, 6.07) is 4.86. The largest absolute Gasteiger partial charge is 0.274 e. The Balaban J connectivity index is 1.94. The van der Waals surface area contributed by atoms with Crippen LogP contribution in [0.25, 0.3) is 0 Å². The van der Waals surface area contributed by atoms with Crippen LogP contribution in [0.3, 0.4) is 0 Å². The second-order valence-electron chi connectivity index (χ2n) is 6.52. The smallest absolute Gasteiger partial charge is 0.240 e. The molecular formula is C16H8Cl7NO2. The predicted octanol–water partition coefficient (Wildman–Crippen LogP) is 5.60. The Kier molecular flexibility index (Phi) is 4.19. The van der Waals surface area contributed by atoms with Crippen molar-refractivity contribution in [3.63, 3.8) is 0 Å². The van der Waals surface area contributed by atoms with Crippen LogP contribution in [0.4, 0.5) is 5.69 Å². The molecule has 0 spiro atoms. The van der Waals surface area contributed by atoms with E-state index in [1.807, 2.05) is 0 Å². The van der Waals surface area contributed by atoms with Gasteiger partial charge >= 0.3 is 0 Å². The summed E-state index contributed by atoms with van der Waals surface area (Å²) in [6.07, 6.45) is 0. The van der Waals surface area contributed by atoms with Crippen LogP contribution in [0.15, 0.2) is 28.3 Å². The van der Waals surface area contributed by atoms with E-state index < -0.39 is 37.7 Å². The molecular weight excluding hydrogens is 486 g/mol. The Morgan fingerprint density at radius 2 is 1.35 bits per heavy atom. The molecule has 2 amide bonds. The van der Waals surface area contributed by atoms with E-state index in [1.165, 1.54) is 6.07 Å². The van der Waals surface area contributed by atoms with Crippen molar-refractivity contribution in [2.75, 3.05) is 4.90 Å². The first-order valence-corrected chi connectivity index (χ1v) is 10.0. The zero-order chi connectivity index (χ0) is 19.4. The summed E-state index contributed by atoms with van der Waals surface area (Å²) in [5.74, 6) is -3.51. The van der Waals surface area contributed by atoms with Crippen LogP contribution in [0, 0.1) is 18.8 Å². The van der Waals surface area contributed by atoms with E-state index in [0.717, 1.165) is 4.90 Å². The van der Waals surface area contributed by atoms with Crippen molar-refractivity contribution in [2.24, 2.45) is 11.8 Å². The highest BCUT2D eigenvalue weighted by atomic mass is 35.5. The van der Waals surface area contributed by atoms with Crippen molar-refractivity contribution < 1.29 is 9.59 Å². The molecule has 1 heterocycles. The van der Waals surface area contributed by atoms with Gasteiger partial charge in [0.05, 0.1) is 27.6 Å². The predicted molar refractivity (Wildman–Crippen MR) is 106 cm³/mol. The van der Waals surface area contributed by atoms with Gasteiger partial charge in [-0.3, -0.25) is 9.59 Å². The lowest BCUT2D eigenvalue weighted by Gasteiger charge is -2.34. The molecule has 138 valence electrons. The highest BCUT2D eigenvalue weighted by Crippen LogP contribution is 2.77. The molecule has 4 rings (SSSR count). The third-order valence-corrected chi connectivity index (χ3v) is 9.81. The van der Waals surface area contributed by atoms with Crippen LogP contribution in [-0.2, 0) is 9.59 Å². The molecule has 0 aromatic heterocycles. The SMILES string of the molecule is Cc1ccc(Cl)cc1N1C(=O)[C@@H]2[C@H](C1=O)[C@@]1(Cl)C(Cl)=C(Cl)[C@@]2(Cl)C1(Cl)Cl. The topological polar surface area (TPSA) is 37.4 Å². The number of hydrogen-bond donors (Lipinski definition) is 0. The first-order chi connectivity index (χ1) is 11.9. The molecule has 1 aliphatic heterocycles. The van der Waals surface area contributed by atoms with Gasteiger partial charge in [-0.25, -0.2) is 4.90 Å². The fourth-order valence-corrected chi connectivity index (χ4v) is 7.15. The molecule has 2 fully saturated rings. The molecule has 1 saturated carbocycles. The Morgan fingerprint density at radius 1 is 0.885 bits per heavy atom. The number of rotatable bonds is 1. The zero-order valence-electron chi connectivity index (χ0n) is 12.8. The number of allylic oxidation sites excluding steroid dienone is 2. The molecule has 3 aliphatic rings. The van der Waals surface area contributed by atoms with E-state index in [2.05, 4.69) is 0 Å². The third-order valence-electron chi connectivity index (χ3n) is 5.32. The number of imide groups is 1. The van der Waals surface area contributed by atoms with Crippen LogP contribution in [0.1, 0.15) is 5.56 Å². The second kappa shape index (κ2) is 5.60. The zero-order valence-corrected chi connectivity index (χ0v) is 18.1. The van der Waals surface area contributed by atoms with Crippen LogP contribution < -0.4 is 4.90 Å². The van der Waals surface area contributed by atoms with Crippen molar-refractivity contribution in [2.45, 2.75) is 21.0 Å². The van der Waals surface area contributed by atoms with Gasteiger partial charge in [-0.15, -0.1) is 23.2 Å². The van der Waals surface area contributed by atoms with Crippen LogP contribution in [-0.4, -0.2) is 25.9 Å². The molecule has 4 atom stereocenters. The van der Waals surface area contributed by atoms with E-state index in [-0.39, 0.29) is 10.1 Å². The third kappa shape index (κ3) is 1.87. The first-order valence-electron chi connectivity index (χ1n) is 7.38. The van der Waals surface area contributed by atoms with E-state index in [4.69, 9.17) is 81.2 Å². The molecule has 0 radical (unpaired) electrons. The van der Waals surface area contributed by atoms with Gasteiger partial charge in [0.2, 0.25) is 11.8 Å². The first kappa shape index (κ1) is 19.4. The number of benzene rings is 1. The molecule has 1 aromatic carbocycles. The minimum atomic E-state index is -1.94. The van der Waals surface area contributed by atoms with Gasteiger partial charge in [-0.05, 0) is 24.6 Å². The highest BCUT2D eigenvalue weighted by Gasteiger charge is 2.87. The van der Waals surface area contributed by atoms with E-state index in [0.29, 0.717) is 16.3 Å². The van der Waals surface area contributed by atoms with Gasteiger partial charge in [-0.2, -0.15) is 0 Å². The fourth-order valence-electron chi connectivity index (χ4n) is 4.06. The summed E-state index contributed by atoms with van der Waals surface area (Å²) in [6.45, 7) is 1.74. The maximum Gasteiger partial charge on any atom is 0.240 e. The minimum absolute atomic E-state index is 0.118. The summed E-state index contributed by atoms with van der Waals surface area (Å²) in [7, 11) is 0. The fraction of sp³-hybridized carbons (Fsp3) is 0.375. The highest BCUT2D eigenvalue weighted by molar-refractivity contribution is 6.67. The number of carbonyl (C=O) groups is 2. The molecule has 3 nitrogen and oxygen atoms in total. The Hall–Kier alpha value is 0.130. The maximum atomic E-state index is 13.2. The summed E-state index contributed by atoms with van der Waals surface area (Å²) < 4.78 is -1.94. The average Bonchev–Trinajstić information content (AvgIpc) is 2.95. The molecule has 2 aliphatic carbocycles. The van der Waals surface area contributed by atoms with Gasteiger partial charge < -0.3 is 0 Å². The second-order valence-corrected chi connectivity index (χ2v) is 10.2. The standard InChI is InChI=1S/C16H8Cl7NO2/c1-5-2-3-6(17)4-7(5)24-12(25)8-9(13(24)26)15(21)11(19)10(18)14(8,20)16(15,22)23/h2-4,8-9H,1H3/t8-,9+,14-,15-/m1/s1. The Morgan fingerprint density at radius 3 is 1.81 bits per heavy atom. The van der Waals surface area contributed by atoms with E-state index in [1.54, 1.807) is 19.1 Å². The van der Waals surface area contributed by atoms with Crippen LogP contribution >= 0.6 is 81.2 Å². The van der Waals surface area contributed by atoms with Crippen molar-refractivity contribution >= 4 is 98.7 Å². The number of amides is 2.